The second-order valence-corrected chi connectivity index (χ2v) is 17.6. The number of carbonyl (C=O) groups is 4. The molecule has 2 heterocycles. The van der Waals surface area contributed by atoms with Crippen LogP contribution in [0.2, 0.25) is 0 Å². The van der Waals surface area contributed by atoms with Crippen LogP contribution in [0.1, 0.15) is 74.0 Å². The standard InChI is InChI=1S/C49H60N2O16/c1-28(54)39(45(60)50-33(26-52)21-22-38(55)66-48(2,3)4)51-44(59)30-24-35(43-36(25-30)65-49(67-43,31-16-7-5-8-17-31)32-18-9-6-10-19-32)63-46(61)34-20-12-11-14-29(34)15-13-23-62-47-42(58)41(57)40(56)37(27-53)64-47/h5-20,25,28,33,35-37,39-43,47,52-54,56-58H,21-24,26-27H2,1-4H3,(H,50,60)(H,51,59). The Morgan fingerprint density at radius 3 is 2.12 bits per heavy atom. The average Bonchev–Trinajstić information content (AvgIpc) is 3.72. The number of aliphatic hydroxyl groups is 6. The van der Waals surface area contributed by atoms with Crippen molar-refractivity contribution in [3.8, 4) is 0 Å². The highest BCUT2D eigenvalue weighted by Crippen LogP contribution is 2.47. The van der Waals surface area contributed by atoms with Crippen LogP contribution < -0.4 is 10.6 Å². The van der Waals surface area contributed by atoms with Gasteiger partial charge in [0, 0.05) is 29.5 Å². The molecule has 2 amide bonds. The Morgan fingerprint density at radius 2 is 1.51 bits per heavy atom. The second-order valence-electron chi connectivity index (χ2n) is 17.6. The molecule has 3 aromatic rings. The first kappa shape index (κ1) is 51.0. The Bertz CT molecular complexity index is 2170. The van der Waals surface area contributed by atoms with Crippen LogP contribution in [0.25, 0.3) is 6.08 Å². The minimum absolute atomic E-state index is 0.0235. The summed E-state index contributed by atoms with van der Waals surface area (Å²) >= 11 is 0. The number of carbonyl (C=O) groups excluding carboxylic acids is 4. The van der Waals surface area contributed by atoms with Gasteiger partial charge >= 0.3 is 11.9 Å². The summed E-state index contributed by atoms with van der Waals surface area (Å²) in [5.41, 5.74) is 1.09. The van der Waals surface area contributed by atoms with E-state index in [-0.39, 0.29) is 37.0 Å². The first-order chi connectivity index (χ1) is 31.9. The first-order valence-electron chi connectivity index (χ1n) is 22.1. The molecule has 8 N–H and O–H groups in total. The highest BCUT2D eigenvalue weighted by atomic mass is 16.8. The SMILES string of the molecule is CC(O)C(NC(=O)C1=CC2OC(c3ccccc3)(c3ccccc3)OC2C(OC(=O)c2ccccc2C=CCOC2OC(CO)C(O)C(O)C2O)C1)C(=O)NC(CO)CCC(=O)OC(C)(C)C. The van der Waals surface area contributed by atoms with Gasteiger partial charge in [-0.1, -0.05) is 91.0 Å². The zero-order chi connectivity index (χ0) is 48.5. The number of ether oxygens (including phenoxy) is 6. The van der Waals surface area contributed by atoms with Crippen LogP contribution >= 0.6 is 0 Å². The van der Waals surface area contributed by atoms with Gasteiger partial charge in [0.05, 0.1) is 37.5 Å². The van der Waals surface area contributed by atoms with Gasteiger partial charge in [0.1, 0.15) is 54.4 Å². The number of rotatable bonds is 18. The van der Waals surface area contributed by atoms with E-state index < -0.39 is 116 Å². The Labute approximate surface area is 388 Å². The van der Waals surface area contributed by atoms with Crippen molar-refractivity contribution < 1.29 is 78.2 Å². The fourth-order valence-electron chi connectivity index (χ4n) is 7.98. The minimum Gasteiger partial charge on any atom is -0.460 e. The lowest BCUT2D eigenvalue weighted by atomic mass is 9.91. The number of nitrogens with one attached hydrogen (secondary N) is 2. The van der Waals surface area contributed by atoms with Crippen LogP contribution in [-0.4, -0.2) is 147 Å². The summed E-state index contributed by atoms with van der Waals surface area (Å²) in [6.07, 6.45) is -7.51. The van der Waals surface area contributed by atoms with Crippen LogP contribution in [0.4, 0.5) is 0 Å². The zero-order valence-electron chi connectivity index (χ0n) is 37.7. The Kier molecular flexibility index (Phi) is 17.2. The Hall–Kier alpha value is -5.38. The van der Waals surface area contributed by atoms with Gasteiger partial charge in [0.25, 0.3) is 0 Å². The smallest absolute Gasteiger partial charge is 0.339 e. The number of hydrogen-bond donors (Lipinski definition) is 8. The molecular weight excluding hydrogens is 873 g/mol. The molecular formula is C49H60N2O16. The van der Waals surface area contributed by atoms with Gasteiger partial charge in [-0.3, -0.25) is 14.4 Å². The van der Waals surface area contributed by atoms with E-state index in [9.17, 15) is 49.8 Å². The molecule has 3 aromatic carbocycles. The average molecular weight is 933 g/mol. The fourth-order valence-corrected chi connectivity index (χ4v) is 7.98. The van der Waals surface area contributed by atoms with E-state index in [0.29, 0.717) is 16.7 Å². The number of esters is 2. The molecule has 6 rings (SSSR count). The lowest BCUT2D eigenvalue weighted by Crippen LogP contribution is -2.59. The summed E-state index contributed by atoms with van der Waals surface area (Å²) in [7, 11) is 0. The van der Waals surface area contributed by atoms with Gasteiger partial charge in [-0.15, -0.1) is 0 Å². The summed E-state index contributed by atoms with van der Waals surface area (Å²) in [4.78, 5) is 54.4. The predicted molar refractivity (Wildman–Crippen MR) is 238 cm³/mol. The molecule has 18 heteroatoms. The summed E-state index contributed by atoms with van der Waals surface area (Å²) < 4.78 is 36.2. The van der Waals surface area contributed by atoms with Crippen LogP contribution in [0, 0.1) is 0 Å². The van der Waals surface area contributed by atoms with Crippen molar-refractivity contribution in [3.63, 3.8) is 0 Å². The number of fused-ring (bicyclic) bond motifs is 1. The van der Waals surface area contributed by atoms with Gasteiger partial charge in [-0.2, -0.15) is 0 Å². The quantitative estimate of drug-likeness (QED) is 0.0841. The second kappa shape index (κ2) is 22.6. The first-order valence-corrected chi connectivity index (χ1v) is 22.1. The highest BCUT2D eigenvalue weighted by Gasteiger charge is 2.55. The van der Waals surface area contributed by atoms with Gasteiger partial charge in [-0.05, 0) is 51.8 Å². The summed E-state index contributed by atoms with van der Waals surface area (Å²) in [5, 5.41) is 66.1. The Morgan fingerprint density at radius 1 is 0.866 bits per heavy atom. The molecule has 0 bridgehead atoms. The third-order valence-electron chi connectivity index (χ3n) is 11.4. The summed E-state index contributed by atoms with van der Waals surface area (Å²) in [5.74, 6) is -4.44. The number of hydrogen-bond acceptors (Lipinski definition) is 16. The van der Waals surface area contributed by atoms with Gasteiger partial charge in [0.15, 0.2) is 6.29 Å². The molecule has 11 unspecified atom stereocenters. The molecule has 2 aliphatic heterocycles. The molecule has 18 nitrogen and oxygen atoms in total. The lowest BCUT2D eigenvalue weighted by molar-refractivity contribution is -0.298. The monoisotopic (exact) mass is 932 g/mol. The van der Waals surface area contributed by atoms with Crippen LogP contribution in [0.5, 0.6) is 0 Å². The van der Waals surface area contributed by atoms with E-state index in [1.165, 1.54) is 19.1 Å². The van der Waals surface area contributed by atoms with E-state index in [2.05, 4.69) is 10.6 Å². The molecule has 0 saturated carbocycles. The predicted octanol–water partition coefficient (Wildman–Crippen LogP) is 1.52. The maximum absolute atomic E-state index is 14.2. The van der Waals surface area contributed by atoms with Crippen molar-refractivity contribution >= 4 is 29.8 Å². The van der Waals surface area contributed by atoms with Crippen LogP contribution in [0.3, 0.4) is 0 Å². The highest BCUT2D eigenvalue weighted by molar-refractivity contribution is 5.98. The zero-order valence-corrected chi connectivity index (χ0v) is 37.7. The summed E-state index contributed by atoms with van der Waals surface area (Å²) in [6.45, 7) is 5.12. The van der Waals surface area contributed by atoms with E-state index in [4.69, 9.17) is 28.4 Å². The molecule has 2 saturated heterocycles. The van der Waals surface area contributed by atoms with Gasteiger partial charge in [0.2, 0.25) is 17.6 Å². The third-order valence-corrected chi connectivity index (χ3v) is 11.4. The van der Waals surface area contributed by atoms with E-state index in [1.54, 1.807) is 51.1 Å². The topological polar surface area (TPSA) is 269 Å². The van der Waals surface area contributed by atoms with Crippen molar-refractivity contribution in [2.75, 3.05) is 19.8 Å². The molecule has 2 fully saturated rings. The van der Waals surface area contributed by atoms with E-state index in [0.717, 1.165) is 0 Å². The third kappa shape index (κ3) is 12.6. The molecule has 0 aromatic heterocycles. The number of aliphatic hydroxyl groups excluding tert-OH is 6. The van der Waals surface area contributed by atoms with Gasteiger partial charge < -0.3 is 69.7 Å². The van der Waals surface area contributed by atoms with Crippen LogP contribution in [0.15, 0.2) is 103 Å². The number of amides is 2. The molecule has 0 radical (unpaired) electrons. The van der Waals surface area contributed by atoms with Crippen molar-refractivity contribution in [3.05, 3.63) is 125 Å². The van der Waals surface area contributed by atoms with E-state index >= 15 is 0 Å². The van der Waals surface area contributed by atoms with Gasteiger partial charge in [-0.25, -0.2) is 4.79 Å². The lowest BCUT2D eigenvalue weighted by Gasteiger charge is -2.39. The molecule has 0 spiro atoms. The summed E-state index contributed by atoms with van der Waals surface area (Å²) in [6, 6.07) is 22.3. The maximum atomic E-state index is 14.2. The Balaban J connectivity index is 1.23. The maximum Gasteiger partial charge on any atom is 0.339 e. The van der Waals surface area contributed by atoms with E-state index in [1.807, 2.05) is 60.7 Å². The molecule has 11 atom stereocenters. The van der Waals surface area contributed by atoms with Crippen molar-refractivity contribution in [2.45, 2.75) is 126 Å². The van der Waals surface area contributed by atoms with Crippen molar-refractivity contribution in [2.24, 2.45) is 0 Å². The largest absolute Gasteiger partial charge is 0.460 e. The van der Waals surface area contributed by atoms with Crippen molar-refractivity contribution in [1.82, 2.24) is 10.6 Å². The van der Waals surface area contributed by atoms with Crippen LogP contribution in [-0.2, 0) is 48.6 Å². The molecule has 362 valence electrons. The molecule has 3 aliphatic rings. The molecule has 1 aliphatic carbocycles. The van der Waals surface area contributed by atoms with Crippen molar-refractivity contribution in [1.29, 1.82) is 0 Å². The number of benzene rings is 3. The molecule has 67 heavy (non-hydrogen) atoms. The fraction of sp³-hybridized carbons (Fsp3) is 0.469. The normalized spacial score (nSPS) is 26.1. The minimum atomic E-state index is -1.62.